The molecule has 0 fully saturated rings. The van der Waals surface area contributed by atoms with Gasteiger partial charge >= 0.3 is 5.97 Å². The van der Waals surface area contributed by atoms with E-state index in [0.29, 0.717) is 0 Å². The highest BCUT2D eigenvalue weighted by Gasteiger charge is 2.29. The van der Waals surface area contributed by atoms with E-state index in [9.17, 15) is 9.90 Å². The van der Waals surface area contributed by atoms with Gasteiger partial charge in [0, 0.05) is 36.1 Å². The zero-order valence-electron chi connectivity index (χ0n) is 14.0. The molecule has 1 aromatic heterocycles. The first-order valence-electron chi connectivity index (χ1n) is 7.45. The molecular formula is C19H20N2O2S. The van der Waals surface area contributed by atoms with Gasteiger partial charge in [-0.1, -0.05) is 30.9 Å². The second-order valence-corrected chi connectivity index (χ2v) is 7.35. The molecule has 0 radical (unpaired) electrons. The molecule has 5 heteroatoms. The van der Waals surface area contributed by atoms with Crippen molar-refractivity contribution in [3.8, 4) is 11.1 Å². The fraction of sp³-hybridized carbons (Fsp3) is 0.211. The van der Waals surface area contributed by atoms with Crippen LogP contribution in [0.2, 0.25) is 0 Å². The van der Waals surface area contributed by atoms with E-state index in [1.807, 2.05) is 24.3 Å². The topological polar surface area (TPSA) is 62.5 Å². The number of nitrogens with zero attached hydrogens (tertiary/aromatic N) is 2. The van der Waals surface area contributed by atoms with Gasteiger partial charge in [0.05, 0.1) is 0 Å². The lowest BCUT2D eigenvalue weighted by atomic mass is 9.96. The van der Waals surface area contributed by atoms with Gasteiger partial charge in [-0.15, -0.1) is 11.8 Å². The summed E-state index contributed by atoms with van der Waals surface area (Å²) >= 11 is 1.28. The first-order chi connectivity index (χ1) is 11.4. The number of benzene rings is 1. The number of carbonyl (C=O) groups is 1. The monoisotopic (exact) mass is 340 g/mol. The van der Waals surface area contributed by atoms with Gasteiger partial charge in [-0.05, 0) is 36.6 Å². The molecule has 2 aromatic rings. The van der Waals surface area contributed by atoms with Crippen molar-refractivity contribution in [1.29, 1.82) is 0 Å². The van der Waals surface area contributed by atoms with Crippen molar-refractivity contribution in [2.24, 2.45) is 4.99 Å². The molecule has 4 nitrogen and oxygen atoms in total. The highest BCUT2D eigenvalue weighted by Crippen LogP contribution is 2.40. The number of carboxylic acid groups (broad SMARTS) is 1. The summed E-state index contributed by atoms with van der Waals surface area (Å²) in [6, 6.07) is 7.83. The van der Waals surface area contributed by atoms with Crippen LogP contribution in [0.25, 0.3) is 17.2 Å². The minimum atomic E-state index is -0.950. The van der Waals surface area contributed by atoms with Crippen molar-refractivity contribution in [3.63, 3.8) is 0 Å². The predicted octanol–water partition coefficient (Wildman–Crippen LogP) is 4.40. The van der Waals surface area contributed by atoms with Gasteiger partial charge in [0.2, 0.25) is 0 Å². The number of hydrogen-bond donors (Lipinski definition) is 1. The molecule has 0 bridgehead atoms. The Labute approximate surface area is 146 Å². The zero-order valence-corrected chi connectivity index (χ0v) is 14.8. The lowest BCUT2D eigenvalue weighted by molar-refractivity contribution is -0.138. The number of thioether (sulfide) groups is 1. The van der Waals surface area contributed by atoms with Crippen molar-refractivity contribution in [1.82, 2.24) is 4.98 Å². The maximum atomic E-state index is 11.5. The molecule has 1 N–H and O–H groups in total. The van der Waals surface area contributed by atoms with E-state index in [0.717, 1.165) is 27.1 Å². The van der Waals surface area contributed by atoms with Gasteiger partial charge in [-0.25, -0.2) is 0 Å². The van der Waals surface area contributed by atoms with Crippen LogP contribution >= 0.6 is 11.8 Å². The van der Waals surface area contributed by atoms with Crippen molar-refractivity contribution >= 4 is 30.0 Å². The van der Waals surface area contributed by atoms with E-state index >= 15 is 0 Å². The van der Waals surface area contributed by atoms with E-state index < -0.39 is 10.7 Å². The van der Waals surface area contributed by atoms with Crippen LogP contribution in [0.5, 0.6) is 0 Å². The molecule has 0 aliphatic carbocycles. The molecule has 1 heterocycles. The SMILES string of the molecule is C=Cc1c(/C=N\C)cccc1-c1ccncc1SC(C)(C)C(=O)O. The number of aliphatic imine (C=N–C) groups is 1. The maximum Gasteiger partial charge on any atom is 0.319 e. The summed E-state index contributed by atoms with van der Waals surface area (Å²) in [6.07, 6.45) is 7.00. The Bertz CT molecular complexity index is 798. The lowest BCUT2D eigenvalue weighted by Crippen LogP contribution is -2.27. The standard InChI is InChI=1S/C19H20N2O2S/c1-5-14-13(11-20-4)7-6-8-15(14)16-9-10-21-12-17(16)24-19(2,3)18(22)23/h5-12H,1H2,2-4H3,(H,22,23)/b20-11-. The summed E-state index contributed by atoms with van der Waals surface area (Å²) in [5.41, 5.74) is 3.85. The number of carboxylic acids is 1. The fourth-order valence-electron chi connectivity index (χ4n) is 2.30. The number of pyridine rings is 1. The Hall–Kier alpha value is -2.40. The smallest absolute Gasteiger partial charge is 0.319 e. The normalized spacial score (nSPS) is 11.6. The quantitative estimate of drug-likeness (QED) is 0.625. The van der Waals surface area contributed by atoms with Crippen LogP contribution in [0.1, 0.15) is 25.0 Å². The Morgan fingerprint density at radius 2 is 2.08 bits per heavy atom. The number of aliphatic carboxylic acids is 1. The molecule has 0 spiro atoms. The van der Waals surface area contributed by atoms with Crippen molar-refractivity contribution < 1.29 is 9.90 Å². The predicted molar refractivity (Wildman–Crippen MR) is 101 cm³/mol. The van der Waals surface area contributed by atoms with E-state index in [4.69, 9.17) is 0 Å². The summed E-state index contributed by atoms with van der Waals surface area (Å²) in [5.74, 6) is -0.863. The molecule has 0 amide bonds. The van der Waals surface area contributed by atoms with Crippen LogP contribution in [0.3, 0.4) is 0 Å². The highest BCUT2D eigenvalue weighted by molar-refractivity contribution is 8.01. The van der Waals surface area contributed by atoms with Gasteiger partial charge in [0.15, 0.2) is 0 Å². The lowest BCUT2D eigenvalue weighted by Gasteiger charge is -2.21. The van der Waals surface area contributed by atoms with Crippen LogP contribution in [-0.2, 0) is 4.79 Å². The average Bonchev–Trinajstić information content (AvgIpc) is 2.55. The zero-order chi connectivity index (χ0) is 17.7. The number of hydrogen-bond acceptors (Lipinski definition) is 4. The van der Waals surface area contributed by atoms with Gasteiger partial charge in [-0.2, -0.15) is 0 Å². The highest BCUT2D eigenvalue weighted by atomic mass is 32.2. The molecule has 124 valence electrons. The second-order valence-electron chi connectivity index (χ2n) is 5.69. The number of aromatic nitrogens is 1. The Kier molecular flexibility index (Phi) is 5.57. The van der Waals surface area contributed by atoms with Gasteiger partial charge in [-0.3, -0.25) is 14.8 Å². The first-order valence-corrected chi connectivity index (χ1v) is 8.26. The minimum Gasteiger partial charge on any atom is -0.480 e. The van der Waals surface area contributed by atoms with E-state index in [-0.39, 0.29) is 0 Å². The van der Waals surface area contributed by atoms with Gasteiger partial charge in [0.1, 0.15) is 4.75 Å². The average molecular weight is 340 g/mol. The summed E-state index contributed by atoms with van der Waals surface area (Å²) in [5, 5.41) is 9.40. The Balaban J connectivity index is 2.61. The van der Waals surface area contributed by atoms with E-state index in [1.54, 1.807) is 45.6 Å². The Morgan fingerprint density at radius 3 is 2.71 bits per heavy atom. The second kappa shape index (κ2) is 7.45. The molecule has 0 atom stereocenters. The largest absolute Gasteiger partial charge is 0.480 e. The van der Waals surface area contributed by atoms with Crippen molar-refractivity contribution in [3.05, 3.63) is 54.4 Å². The van der Waals surface area contributed by atoms with Gasteiger partial charge in [0.25, 0.3) is 0 Å². The summed E-state index contributed by atoms with van der Waals surface area (Å²) in [6.45, 7) is 7.29. The van der Waals surface area contributed by atoms with E-state index in [1.165, 1.54) is 11.8 Å². The van der Waals surface area contributed by atoms with Crippen LogP contribution in [0.15, 0.2) is 53.1 Å². The third-order valence-electron chi connectivity index (χ3n) is 3.57. The molecule has 24 heavy (non-hydrogen) atoms. The summed E-state index contributed by atoms with van der Waals surface area (Å²) in [4.78, 5) is 20.5. The molecule has 0 aliphatic rings. The van der Waals surface area contributed by atoms with Crippen LogP contribution in [0.4, 0.5) is 0 Å². The summed E-state index contributed by atoms with van der Waals surface area (Å²) < 4.78 is -0.950. The van der Waals surface area contributed by atoms with Crippen LogP contribution < -0.4 is 0 Å². The number of rotatable bonds is 6. The van der Waals surface area contributed by atoms with Crippen molar-refractivity contribution in [2.45, 2.75) is 23.5 Å². The third-order valence-corrected chi connectivity index (χ3v) is 4.80. The van der Waals surface area contributed by atoms with Crippen molar-refractivity contribution in [2.75, 3.05) is 7.05 Å². The molecule has 2 rings (SSSR count). The third kappa shape index (κ3) is 3.74. The van der Waals surface area contributed by atoms with Crippen LogP contribution in [0, 0.1) is 0 Å². The fourth-order valence-corrected chi connectivity index (χ4v) is 3.34. The molecule has 1 aromatic carbocycles. The van der Waals surface area contributed by atoms with Gasteiger partial charge < -0.3 is 5.11 Å². The van der Waals surface area contributed by atoms with Crippen LogP contribution in [-0.4, -0.2) is 34.1 Å². The Morgan fingerprint density at radius 1 is 1.33 bits per heavy atom. The molecule has 0 unspecified atom stereocenters. The molecule has 0 saturated carbocycles. The first kappa shape index (κ1) is 17.9. The summed E-state index contributed by atoms with van der Waals surface area (Å²) in [7, 11) is 1.72. The molecule has 0 aliphatic heterocycles. The minimum absolute atomic E-state index is 0.818. The van der Waals surface area contributed by atoms with E-state index in [2.05, 4.69) is 16.6 Å². The maximum absolute atomic E-state index is 11.5. The molecule has 0 saturated heterocycles. The molecular weight excluding hydrogens is 320 g/mol.